The highest BCUT2D eigenvalue weighted by Crippen LogP contribution is 2.22. The summed E-state index contributed by atoms with van der Waals surface area (Å²) in [5, 5.41) is 41.6. The lowest BCUT2D eigenvalue weighted by molar-refractivity contribution is -0.139. The molecule has 240 valence electrons. The molecular formula is C30H45N3O9S. The highest BCUT2D eigenvalue weighted by atomic mass is 32.2. The number of hydrogen-bond donors (Lipinski definition) is 7. The van der Waals surface area contributed by atoms with E-state index in [1.807, 2.05) is 18.2 Å². The molecule has 0 aliphatic carbocycles. The van der Waals surface area contributed by atoms with Gasteiger partial charge in [-0.3, -0.25) is 24.0 Å². The number of carbonyl (C=O) groups is 5. The Morgan fingerprint density at radius 3 is 2.12 bits per heavy atom. The lowest BCUT2D eigenvalue weighted by Crippen LogP contribution is -2.50. The lowest BCUT2D eigenvalue weighted by Gasteiger charge is -2.23. The number of amides is 2. The maximum Gasteiger partial charge on any atom is 0.322 e. The minimum absolute atomic E-state index is 0.0590. The highest BCUT2D eigenvalue weighted by molar-refractivity contribution is 8.00. The van der Waals surface area contributed by atoms with Gasteiger partial charge in [-0.1, -0.05) is 67.7 Å². The summed E-state index contributed by atoms with van der Waals surface area (Å²) in [5.74, 6) is -5.03. The van der Waals surface area contributed by atoms with Gasteiger partial charge in [0, 0.05) is 23.8 Å². The maximum absolute atomic E-state index is 12.6. The van der Waals surface area contributed by atoms with Crippen LogP contribution in [-0.2, 0) is 24.0 Å². The number of carboxylic acids is 3. The number of aliphatic hydroxyl groups is 1. The van der Waals surface area contributed by atoms with Gasteiger partial charge in [0.2, 0.25) is 11.8 Å². The topological polar surface area (TPSA) is 216 Å². The third kappa shape index (κ3) is 22.6. The van der Waals surface area contributed by atoms with Gasteiger partial charge in [0.25, 0.3) is 0 Å². The van der Waals surface area contributed by atoms with Crippen molar-refractivity contribution in [1.29, 1.82) is 0 Å². The zero-order chi connectivity index (χ0) is 32.5. The molecule has 0 radical (unpaired) electrons. The number of hydrogen-bond acceptors (Lipinski definition) is 8. The Labute approximate surface area is 256 Å². The molecule has 0 aromatic rings. The first-order chi connectivity index (χ1) is 20.5. The zero-order valence-corrected chi connectivity index (χ0v) is 25.3. The van der Waals surface area contributed by atoms with E-state index in [4.69, 9.17) is 21.1 Å². The van der Waals surface area contributed by atoms with Crippen LogP contribution in [0.2, 0.25) is 0 Å². The number of rotatable bonds is 24. The summed E-state index contributed by atoms with van der Waals surface area (Å²) in [4.78, 5) is 57.8. The Morgan fingerprint density at radius 2 is 1.49 bits per heavy atom. The number of aliphatic hydroxyl groups excluding tert-OH is 1. The van der Waals surface area contributed by atoms with Gasteiger partial charge in [-0.05, 0) is 38.5 Å². The van der Waals surface area contributed by atoms with E-state index in [-0.39, 0.29) is 37.9 Å². The van der Waals surface area contributed by atoms with E-state index in [2.05, 4.69) is 41.9 Å². The molecule has 2 amide bonds. The van der Waals surface area contributed by atoms with Crippen LogP contribution in [0.1, 0.15) is 58.3 Å². The molecule has 43 heavy (non-hydrogen) atoms. The van der Waals surface area contributed by atoms with Crippen molar-refractivity contribution in [1.82, 2.24) is 10.6 Å². The Balaban J connectivity index is 5.41. The third-order valence-electron chi connectivity index (χ3n) is 5.67. The fraction of sp³-hybridized carbons (Fsp3) is 0.500. The van der Waals surface area contributed by atoms with Crippen LogP contribution in [-0.4, -0.2) is 85.9 Å². The van der Waals surface area contributed by atoms with Gasteiger partial charge in [-0.2, -0.15) is 0 Å². The van der Waals surface area contributed by atoms with Crippen LogP contribution in [0.25, 0.3) is 0 Å². The molecule has 0 spiro atoms. The minimum Gasteiger partial charge on any atom is -0.481 e. The van der Waals surface area contributed by atoms with Crippen molar-refractivity contribution >= 4 is 41.5 Å². The summed E-state index contributed by atoms with van der Waals surface area (Å²) in [7, 11) is 0. The lowest BCUT2D eigenvalue weighted by atomic mass is 10.1. The van der Waals surface area contributed by atoms with E-state index in [9.17, 15) is 29.1 Å². The Hall–Kier alpha value is -3.68. The van der Waals surface area contributed by atoms with Crippen molar-refractivity contribution in [3.63, 3.8) is 0 Å². The SMILES string of the molecule is CCC=CCC=CCC=CC=CC=CC(SCC(NC(=O)CCC(N)C(=O)O)C(=O)NCC(=O)O)C(O)CCCC(=O)O. The van der Waals surface area contributed by atoms with Gasteiger partial charge in [-0.25, -0.2) is 0 Å². The number of carbonyl (C=O) groups excluding carboxylic acids is 2. The number of nitrogens with one attached hydrogen (secondary N) is 2. The molecule has 0 aromatic heterocycles. The average Bonchev–Trinajstić information content (AvgIpc) is 2.95. The monoisotopic (exact) mass is 623 g/mol. The number of carboxylic acid groups (broad SMARTS) is 3. The van der Waals surface area contributed by atoms with E-state index in [1.165, 1.54) is 0 Å². The second kappa shape index (κ2) is 24.9. The molecule has 0 aromatic carbocycles. The first kappa shape index (κ1) is 39.3. The molecule has 8 N–H and O–H groups in total. The molecule has 13 heteroatoms. The number of allylic oxidation sites excluding steroid dienone is 9. The molecule has 12 nitrogen and oxygen atoms in total. The quantitative estimate of drug-likeness (QED) is 0.0612. The van der Waals surface area contributed by atoms with Gasteiger partial charge >= 0.3 is 17.9 Å². The van der Waals surface area contributed by atoms with E-state index < -0.39 is 59.7 Å². The molecule has 0 aliphatic heterocycles. The average molecular weight is 624 g/mol. The third-order valence-corrected chi connectivity index (χ3v) is 7.06. The summed E-state index contributed by atoms with van der Waals surface area (Å²) >= 11 is 1.12. The first-order valence-electron chi connectivity index (χ1n) is 14.1. The van der Waals surface area contributed by atoms with Crippen LogP contribution >= 0.6 is 11.8 Å². The number of nitrogens with two attached hydrogens (primary N) is 1. The van der Waals surface area contributed by atoms with Crippen LogP contribution < -0.4 is 16.4 Å². The van der Waals surface area contributed by atoms with Crippen molar-refractivity contribution in [2.24, 2.45) is 5.73 Å². The summed E-state index contributed by atoms with van der Waals surface area (Å²) in [5.41, 5.74) is 5.43. The van der Waals surface area contributed by atoms with Gasteiger partial charge in [-0.15, -0.1) is 11.8 Å². The molecule has 0 saturated heterocycles. The Morgan fingerprint density at radius 1 is 0.837 bits per heavy atom. The second-order valence-electron chi connectivity index (χ2n) is 9.39. The van der Waals surface area contributed by atoms with Crippen molar-refractivity contribution in [2.45, 2.75) is 81.7 Å². The molecule has 4 unspecified atom stereocenters. The van der Waals surface area contributed by atoms with Crippen LogP contribution in [0.5, 0.6) is 0 Å². The Bertz CT molecular complexity index is 1020. The minimum atomic E-state index is -1.28. The largest absolute Gasteiger partial charge is 0.481 e. The summed E-state index contributed by atoms with van der Waals surface area (Å²) < 4.78 is 0. The van der Waals surface area contributed by atoms with Crippen molar-refractivity contribution < 1.29 is 44.4 Å². The van der Waals surface area contributed by atoms with Gasteiger partial charge in [0.1, 0.15) is 18.6 Å². The molecule has 0 bridgehead atoms. The molecule has 0 saturated carbocycles. The van der Waals surface area contributed by atoms with Gasteiger partial charge < -0.3 is 36.8 Å². The van der Waals surface area contributed by atoms with E-state index >= 15 is 0 Å². The fourth-order valence-corrected chi connectivity index (χ4v) is 4.56. The standard InChI is InChI=1S/C30H45N3O9S/c1-2-3-4-5-6-7-8-9-10-11-12-13-16-25(24(34)15-14-17-27(36)37)43-21-23(29(40)32-20-28(38)39)33-26(35)19-18-22(31)30(41)42/h3-4,6-7,9-13,16,22-25,34H,2,5,8,14-15,17-21,31H2,1H3,(H,32,40)(H,33,35)(H,36,37)(H,38,39)(H,41,42). The molecular weight excluding hydrogens is 578 g/mol. The molecule has 0 aliphatic rings. The second-order valence-corrected chi connectivity index (χ2v) is 10.6. The smallest absolute Gasteiger partial charge is 0.322 e. The van der Waals surface area contributed by atoms with Crippen LogP contribution in [0.4, 0.5) is 0 Å². The normalized spacial score (nSPS) is 14.9. The maximum atomic E-state index is 12.6. The summed E-state index contributed by atoms with van der Waals surface area (Å²) in [6.45, 7) is 1.40. The fourth-order valence-electron chi connectivity index (χ4n) is 3.35. The number of aliphatic carboxylic acids is 3. The van der Waals surface area contributed by atoms with Crippen molar-refractivity contribution in [3.8, 4) is 0 Å². The van der Waals surface area contributed by atoms with E-state index in [0.717, 1.165) is 31.0 Å². The number of thioether (sulfide) groups is 1. The van der Waals surface area contributed by atoms with Crippen LogP contribution in [0.15, 0.2) is 60.8 Å². The zero-order valence-electron chi connectivity index (χ0n) is 24.5. The van der Waals surface area contributed by atoms with Crippen molar-refractivity contribution in [3.05, 3.63) is 60.8 Å². The molecule has 0 rings (SSSR count). The molecule has 0 fully saturated rings. The van der Waals surface area contributed by atoms with Crippen LogP contribution in [0.3, 0.4) is 0 Å². The highest BCUT2D eigenvalue weighted by Gasteiger charge is 2.25. The van der Waals surface area contributed by atoms with Crippen molar-refractivity contribution in [2.75, 3.05) is 12.3 Å². The van der Waals surface area contributed by atoms with E-state index in [1.54, 1.807) is 18.2 Å². The molecule has 4 atom stereocenters. The first-order valence-corrected chi connectivity index (χ1v) is 15.1. The van der Waals surface area contributed by atoms with Gasteiger partial charge in [0.15, 0.2) is 0 Å². The van der Waals surface area contributed by atoms with Crippen LogP contribution in [0, 0.1) is 0 Å². The predicted octanol–water partition coefficient (Wildman–Crippen LogP) is 2.55. The predicted molar refractivity (Wildman–Crippen MR) is 166 cm³/mol. The Kier molecular flexibility index (Phi) is 22.7. The summed E-state index contributed by atoms with van der Waals surface area (Å²) in [6, 6.07) is -2.45. The summed E-state index contributed by atoms with van der Waals surface area (Å²) in [6.07, 6.45) is 20.7. The van der Waals surface area contributed by atoms with E-state index in [0.29, 0.717) is 0 Å². The molecule has 0 heterocycles. The van der Waals surface area contributed by atoms with Gasteiger partial charge in [0.05, 0.1) is 6.10 Å².